The lowest BCUT2D eigenvalue weighted by atomic mass is 10.0. The molecule has 0 aliphatic rings. The van der Waals surface area contributed by atoms with Gasteiger partial charge in [0.05, 0.1) is 18.8 Å². The standard InChI is InChI=1S/C59H99NO3/c1-3-5-7-9-11-13-15-16-17-18-19-20-21-22-23-24-25-26-27-28-29-30-31-32-33-34-35-36-37-38-39-40-41-42-43-44-45-47-49-51-53-55-59(63)60-57(56-61)58(62)54-52-50-48-46-14-12-10-8-6-4-2/h5-8,11,13-14,16-17,19-20,22-23,25-26,28-29,46,52,54,57-58,61-62H,3-4,9-10,12,15,18,21,24,27,30-45,47-51,53,55-56H2,1-2H3,(H,60,63)/b7-5-,8-6+,13-11-,17-16-,20-19-,23-22-,26-25-,29-28-,46-14+,54-52+. The molecule has 0 fully saturated rings. The van der Waals surface area contributed by atoms with Crippen molar-refractivity contribution in [3.63, 3.8) is 0 Å². The quantitative estimate of drug-likeness (QED) is 0.0422. The van der Waals surface area contributed by atoms with E-state index in [1.807, 2.05) is 6.08 Å². The number of aliphatic hydroxyl groups is 2. The van der Waals surface area contributed by atoms with Crippen LogP contribution in [0.1, 0.15) is 226 Å². The summed E-state index contributed by atoms with van der Waals surface area (Å²) < 4.78 is 0. The maximum Gasteiger partial charge on any atom is 0.220 e. The van der Waals surface area contributed by atoms with Crippen LogP contribution in [0.15, 0.2) is 122 Å². The SMILES string of the molecule is CC/C=C\C/C=C\C/C=C\C/C=C\C/C=C\C/C=C\C/C=C\CCCCCCCCCCCCCCCCCCCCCC(=O)NC(CO)C(O)/C=C/CC/C=C/CC/C=C/CC. The third-order valence-electron chi connectivity index (χ3n) is 11.2. The predicted octanol–water partition coefficient (Wildman–Crippen LogP) is 17.3. The summed E-state index contributed by atoms with van der Waals surface area (Å²) in [6.07, 6.45) is 82.2. The van der Waals surface area contributed by atoms with Crippen molar-refractivity contribution < 1.29 is 15.0 Å². The first-order valence-corrected chi connectivity index (χ1v) is 26.2. The summed E-state index contributed by atoms with van der Waals surface area (Å²) in [5, 5.41) is 22.9. The van der Waals surface area contributed by atoms with Crippen LogP contribution < -0.4 is 5.32 Å². The molecule has 0 saturated heterocycles. The fourth-order valence-corrected chi connectivity index (χ4v) is 7.26. The Morgan fingerprint density at radius 2 is 0.667 bits per heavy atom. The molecule has 2 unspecified atom stereocenters. The first-order valence-electron chi connectivity index (χ1n) is 26.2. The number of nitrogens with one attached hydrogen (secondary N) is 1. The maximum absolute atomic E-state index is 12.4. The van der Waals surface area contributed by atoms with Gasteiger partial charge in [-0.05, 0) is 96.3 Å². The van der Waals surface area contributed by atoms with Crippen LogP contribution in [0.3, 0.4) is 0 Å². The molecule has 0 rings (SSSR count). The molecule has 4 heteroatoms. The number of allylic oxidation sites excluding steroid dienone is 19. The normalized spacial score (nSPS) is 13.9. The van der Waals surface area contributed by atoms with Gasteiger partial charge in [0.1, 0.15) is 0 Å². The van der Waals surface area contributed by atoms with Crippen LogP contribution in [0.5, 0.6) is 0 Å². The van der Waals surface area contributed by atoms with Crippen molar-refractivity contribution in [3.8, 4) is 0 Å². The number of carbonyl (C=O) groups is 1. The minimum atomic E-state index is -0.872. The Kier molecular flexibility index (Phi) is 50.4. The largest absolute Gasteiger partial charge is 0.394 e. The van der Waals surface area contributed by atoms with Crippen molar-refractivity contribution in [2.24, 2.45) is 0 Å². The first-order chi connectivity index (χ1) is 31.2. The van der Waals surface area contributed by atoms with E-state index in [9.17, 15) is 15.0 Å². The Morgan fingerprint density at radius 3 is 1.05 bits per heavy atom. The molecule has 0 bridgehead atoms. The van der Waals surface area contributed by atoms with E-state index in [4.69, 9.17) is 0 Å². The zero-order valence-corrected chi connectivity index (χ0v) is 41.0. The van der Waals surface area contributed by atoms with Gasteiger partial charge in [-0.25, -0.2) is 0 Å². The number of rotatable bonds is 46. The molecule has 0 saturated carbocycles. The zero-order valence-electron chi connectivity index (χ0n) is 41.0. The summed E-state index contributed by atoms with van der Waals surface area (Å²) in [6, 6.07) is -0.648. The van der Waals surface area contributed by atoms with Gasteiger partial charge in [-0.2, -0.15) is 0 Å². The van der Waals surface area contributed by atoms with Gasteiger partial charge in [0, 0.05) is 6.42 Å². The number of carbonyl (C=O) groups excluding carboxylic acids is 1. The Morgan fingerprint density at radius 1 is 0.381 bits per heavy atom. The molecule has 0 aromatic rings. The topological polar surface area (TPSA) is 69.6 Å². The average Bonchev–Trinajstić information content (AvgIpc) is 3.29. The van der Waals surface area contributed by atoms with E-state index in [1.54, 1.807) is 6.08 Å². The summed E-state index contributed by atoms with van der Waals surface area (Å²) in [5.74, 6) is -0.0830. The molecular formula is C59H99NO3. The lowest BCUT2D eigenvalue weighted by molar-refractivity contribution is -0.123. The van der Waals surface area contributed by atoms with Gasteiger partial charge < -0.3 is 15.5 Å². The number of unbranched alkanes of at least 4 members (excludes halogenated alkanes) is 21. The monoisotopic (exact) mass is 870 g/mol. The van der Waals surface area contributed by atoms with E-state index >= 15 is 0 Å². The number of amides is 1. The highest BCUT2D eigenvalue weighted by Crippen LogP contribution is 2.15. The van der Waals surface area contributed by atoms with Gasteiger partial charge in [0.25, 0.3) is 0 Å². The molecule has 0 radical (unpaired) electrons. The second-order valence-corrected chi connectivity index (χ2v) is 17.2. The van der Waals surface area contributed by atoms with Crippen LogP contribution in [-0.4, -0.2) is 34.9 Å². The Hall–Kier alpha value is -3.21. The third kappa shape index (κ3) is 49.7. The molecule has 3 N–H and O–H groups in total. The molecule has 358 valence electrons. The lowest BCUT2D eigenvalue weighted by Gasteiger charge is -2.19. The van der Waals surface area contributed by atoms with E-state index in [0.717, 1.165) is 89.9 Å². The van der Waals surface area contributed by atoms with Crippen LogP contribution in [0.4, 0.5) is 0 Å². The zero-order chi connectivity index (χ0) is 45.6. The fraction of sp³-hybridized carbons (Fsp3) is 0.644. The first kappa shape index (κ1) is 59.8. The van der Waals surface area contributed by atoms with Crippen molar-refractivity contribution >= 4 is 5.91 Å². The highest BCUT2D eigenvalue weighted by atomic mass is 16.3. The molecule has 63 heavy (non-hydrogen) atoms. The fourth-order valence-electron chi connectivity index (χ4n) is 7.26. The van der Waals surface area contributed by atoms with Gasteiger partial charge in [-0.3, -0.25) is 4.79 Å². The summed E-state index contributed by atoms with van der Waals surface area (Å²) in [5.41, 5.74) is 0. The Bertz CT molecular complexity index is 1260. The molecule has 2 atom stereocenters. The van der Waals surface area contributed by atoms with Crippen molar-refractivity contribution in [2.45, 2.75) is 238 Å². The van der Waals surface area contributed by atoms with E-state index in [0.29, 0.717) is 6.42 Å². The second-order valence-electron chi connectivity index (χ2n) is 17.2. The molecule has 1 amide bonds. The van der Waals surface area contributed by atoms with Gasteiger partial charge in [0.2, 0.25) is 5.91 Å². The second kappa shape index (κ2) is 53.1. The lowest BCUT2D eigenvalue weighted by Crippen LogP contribution is -2.45. The molecule has 0 heterocycles. The number of hydrogen-bond acceptors (Lipinski definition) is 3. The molecule has 4 nitrogen and oxygen atoms in total. The molecule has 0 aromatic heterocycles. The van der Waals surface area contributed by atoms with E-state index in [-0.39, 0.29) is 12.5 Å². The number of hydrogen-bond donors (Lipinski definition) is 3. The van der Waals surface area contributed by atoms with Crippen molar-refractivity contribution in [1.29, 1.82) is 0 Å². The van der Waals surface area contributed by atoms with Crippen molar-refractivity contribution in [3.05, 3.63) is 122 Å². The van der Waals surface area contributed by atoms with Crippen LogP contribution in [0.2, 0.25) is 0 Å². The predicted molar refractivity (Wildman–Crippen MR) is 280 cm³/mol. The smallest absolute Gasteiger partial charge is 0.220 e. The maximum atomic E-state index is 12.4. The van der Waals surface area contributed by atoms with Gasteiger partial charge in [0.15, 0.2) is 0 Å². The summed E-state index contributed by atoms with van der Waals surface area (Å²) in [7, 11) is 0. The van der Waals surface area contributed by atoms with E-state index in [2.05, 4.69) is 129 Å². The minimum Gasteiger partial charge on any atom is -0.394 e. The van der Waals surface area contributed by atoms with Crippen LogP contribution in [0.25, 0.3) is 0 Å². The molecule has 0 aromatic carbocycles. The third-order valence-corrected chi connectivity index (χ3v) is 11.2. The van der Waals surface area contributed by atoms with Crippen LogP contribution in [-0.2, 0) is 4.79 Å². The highest BCUT2D eigenvalue weighted by molar-refractivity contribution is 5.76. The Balaban J connectivity index is 3.48. The Labute approximate surface area is 390 Å². The average molecular weight is 870 g/mol. The van der Waals surface area contributed by atoms with Gasteiger partial charge in [-0.1, -0.05) is 245 Å². The van der Waals surface area contributed by atoms with E-state index in [1.165, 1.54) is 116 Å². The highest BCUT2D eigenvalue weighted by Gasteiger charge is 2.17. The van der Waals surface area contributed by atoms with Crippen molar-refractivity contribution in [2.75, 3.05) is 6.61 Å². The summed E-state index contributed by atoms with van der Waals surface area (Å²) in [4.78, 5) is 12.4. The molecule has 0 aliphatic carbocycles. The van der Waals surface area contributed by atoms with Gasteiger partial charge >= 0.3 is 0 Å². The van der Waals surface area contributed by atoms with Gasteiger partial charge in [-0.15, -0.1) is 0 Å². The number of aliphatic hydroxyl groups excluding tert-OH is 2. The minimum absolute atomic E-state index is 0.0830. The van der Waals surface area contributed by atoms with Crippen LogP contribution >= 0.6 is 0 Å². The molecule has 0 aliphatic heterocycles. The van der Waals surface area contributed by atoms with Crippen LogP contribution in [0, 0.1) is 0 Å². The summed E-state index contributed by atoms with van der Waals surface area (Å²) >= 11 is 0. The summed E-state index contributed by atoms with van der Waals surface area (Å²) in [6.45, 7) is 4.04. The molecular weight excluding hydrogens is 771 g/mol. The van der Waals surface area contributed by atoms with Crippen molar-refractivity contribution in [1.82, 2.24) is 5.32 Å². The van der Waals surface area contributed by atoms with E-state index < -0.39 is 12.1 Å². The molecule has 0 spiro atoms.